The molecular weight excluding hydrogens is 246 g/mol. The molecule has 1 heterocycles. The standard InChI is InChI=1S/C14H23NO2S/c1-9-7-15-12(11(3)14(9)17-4)6-13(16)10(2)8-18-5/h7,10,13,16H,6,8H2,1-5H3. The van der Waals surface area contributed by atoms with Crippen molar-refractivity contribution in [2.75, 3.05) is 19.1 Å². The van der Waals surface area contributed by atoms with Crippen molar-refractivity contribution in [2.24, 2.45) is 5.92 Å². The van der Waals surface area contributed by atoms with Gasteiger partial charge < -0.3 is 9.84 Å². The van der Waals surface area contributed by atoms with Gasteiger partial charge in [0.2, 0.25) is 0 Å². The summed E-state index contributed by atoms with van der Waals surface area (Å²) in [5.41, 5.74) is 3.00. The predicted molar refractivity (Wildman–Crippen MR) is 77.5 cm³/mol. The number of rotatable bonds is 6. The average molecular weight is 269 g/mol. The van der Waals surface area contributed by atoms with Gasteiger partial charge in [0.05, 0.1) is 13.2 Å². The monoisotopic (exact) mass is 269 g/mol. The minimum absolute atomic E-state index is 0.272. The van der Waals surface area contributed by atoms with Crippen LogP contribution in [0.2, 0.25) is 0 Å². The quantitative estimate of drug-likeness (QED) is 0.862. The van der Waals surface area contributed by atoms with Gasteiger partial charge in [-0.1, -0.05) is 6.92 Å². The smallest absolute Gasteiger partial charge is 0.128 e. The molecule has 0 aliphatic heterocycles. The molecule has 0 saturated heterocycles. The van der Waals surface area contributed by atoms with Crippen LogP contribution < -0.4 is 4.74 Å². The molecule has 3 nitrogen and oxygen atoms in total. The Labute approximate surface area is 114 Å². The van der Waals surface area contributed by atoms with Gasteiger partial charge in [0.15, 0.2) is 0 Å². The van der Waals surface area contributed by atoms with E-state index >= 15 is 0 Å². The minimum atomic E-state index is -0.351. The van der Waals surface area contributed by atoms with Gasteiger partial charge in [-0.2, -0.15) is 11.8 Å². The molecule has 1 N–H and O–H groups in total. The van der Waals surface area contributed by atoms with E-state index in [0.29, 0.717) is 6.42 Å². The molecule has 0 fully saturated rings. The molecule has 0 spiro atoms. The zero-order valence-corrected chi connectivity index (χ0v) is 12.7. The maximum Gasteiger partial charge on any atom is 0.128 e. The number of hydrogen-bond acceptors (Lipinski definition) is 4. The zero-order chi connectivity index (χ0) is 13.7. The van der Waals surface area contributed by atoms with E-state index in [1.165, 1.54) is 0 Å². The van der Waals surface area contributed by atoms with Crippen molar-refractivity contribution in [3.63, 3.8) is 0 Å². The Morgan fingerprint density at radius 2 is 2.11 bits per heavy atom. The van der Waals surface area contributed by atoms with Crippen molar-refractivity contribution in [1.82, 2.24) is 4.98 Å². The van der Waals surface area contributed by atoms with E-state index in [1.807, 2.05) is 20.0 Å². The van der Waals surface area contributed by atoms with Crippen LogP contribution in [0.25, 0.3) is 0 Å². The van der Waals surface area contributed by atoms with E-state index in [-0.39, 0.29) is 12.0 Å². The molecule has 0 aromatic carbocycles. The van der Waals surface area contributed by atoms with Crippen LogP contribution in [0.5, 0.6) is 5.75 Å². The summed E-state index contributed by atoms with van der Waals surface area (Å²) in [4.78, 5) is 4.42. The molecule has 102 valence electrons. The Morgan fingerprint density at radius 3 is 2.67 bits per heavy atom. The molecule has 0 amide bonds. The van der Waals surface area contributed by atoms with Crippen LogP contribution in [0.4, 0.5) is 0 Å². The zero-order valence-electron chi connectivity index (χ0n) is 11.9. The Balaban J connectivity index is 2.85. The fraction of sp³-hybridized carbons (Fsp3) is 0.643. The van der Waals surface area contributed by atoms with E-state index < -0.39 is 0 Å². The normalized spacial score (nSPS) is 14.3. The van der Waals surface area contributed by atoms with Gasteiger partial charge in [0.25, 0.3) is 0 Å². The number of pyridine rings is 1. The number of aliphatic hydroxyl groups is 1. The Bertz CT molecular complexity index is 396. The molecule has 1 aromatic heterocycles. The third kappa shape index (κ3) is 3.62. The highest BCUT2D eigenvalue weighted by atomic mass is 32.2. The molecule has 2 atom stereocenters. The first-order valence-electron chi connectivity index (χ1n) is 6.17. The fourth-order valence-corrected chi connectivity index (χ4v) is 2.80. The minimum Gasteiger partial charge on any atom is -0.496 e. The predicted octanol–water partition coefficient (Wildman–Crippen LogP) is 2.61. The lowest BCUT2D eigenvalue weighted by molar-refractivity contribution is 0.126. The number of hydrogen-bond donors (Lipinski definition) is 1. The van der Waals surface area contributed by atoms with Gasteiger partial charge in [0.1, 0.15) is 5.75 Å². The summed E-state index contributed by atoms with van der Waals surface area (Å²) in [5.74, 6) is 2.11. The second kappa shape index (κ2) is 7.00. The molecule has 0 aliphatic rings. The number of methoxy groups -OCH3 is 1. The van der Waals surface area contributed by atoms with Crippen LogP contribution in [0.3, 0.4) is 0 Å². The van der Waals surface area contributed by atoms with Crippen LogP contribution in [-0.4, -0.2) is 35.3 Å². The van der Waals surface area contributed by atoms with E-state index in [9.17, 15) is 5.11 Å². The molecule has 1 aromatic rings. The highest BCUT2D eigenvalue weighted by Gasteiger charge is 2.18. The molecule has 2 unspecified atom stereocenters. The largest absolute Gasteiger partial charge is 0.496 e. The van der Waals surface area contributed by atoms with E-state index in [1.54, 1.807) is 18.9 Å². The summed E-state index contributed by atoms with van der Waals surface area (Å²) in [5, 5.41) is 10.2. The number of ether oxygens (including phenoxy) is 1. The number of aryl methyl sites for hydroxylation is 1. The van der Waals surface area contributed by atoms with E-state index in [2.05, 4.69) is 18.2 Å². The maximum absolute atomic E-state index is 10.2. The number of nitrogens with zero attached hydrogens (tertiary/aromatic N) is 1. The SMILES string of the molecule is COc1c(C)cnc(CC(O)C(C)CSC)c1C. The fourth-order valence-electron chi connectivity index (χ4n) is 2.05. The molecule has 4 heteroatoms. The van der Waals surface area contributed by atoms with Crippen molar-refractivity contribution in [1.29, 1.82) is 0 Å². The highest BCUT2D eigenvalue weighted by molar-refractivity contribution is 7.98. The summed E-state index contributed by atoms with van der Waals surface area (Å²) >= 11 is 1.76. The van der Waals surface area contributed by atoms with Crippen molar-refractivity contribution in [2.45, 2.75) is 33.3 Å². The van der Waals surface area contributed by atoms with Crippen LogP contribution >= 0.6 is 11.8 Å². The summed E-state index contributed by atoms with van der Waals surface area (Å²) in [6.07, 6.45) is 4.11. The highest BCUT2D eigenvalue weighted by Crippen LogP contribution is 2.25. The first-order valence-corrected chi connectivity index (χ1v) is 7.56. The maximum atomic E-state index is 10.2. The molecular formula is C14H23NO2S. The van der Waals surface area contributed by atoms with Crippen molar-refractivity contribution >= 4 is 11.8 Å². The molecule has 0 aliphatic carbocycles. The third-order valence-electron chi connectivity index (χ3n) is 3.24. The Kier molecular flexibility index (Phi) is 5.96. The third-order valence-corrected chi connectivity index (χ3v) is 4.10. The van der Waals surface area contributed by atoms with Crippen molar-refractivity contribution < 1.29 is 9.84 Å². The molecule has 1 rings (SSSR count). The van der Waals surface area contributed by atoms with Gasteiger partial charge in [-0.3, -0.25) is 4.98 Å². The Hall–Kier alpha value is -0.740. The number of aromatic nitrogens is 1. The van der Waals surface area contributed by atoms with Gasteiger partial charge in [0, 0.05) is 29.4 Å². The number of aliphatic hydroxyl groups excluding tert-OH is 1. The topological polar surface area (TPSA) is 42.4 Å². The van der Waals surface area contributed by atoms with Crippen molar-refractivity contribution in [3.05, 3.63) is 23.0 Å². The second-order valence-corrected chi connectivity index (χ2v) is 5.66. The van der Waals surface area contributed by atoms with Crippen LogP contribution in [-0.2, 0) is 6.42 Å². The molecule has 18 heavy (non-hydrogen) atoms. The van der Waals surface area contributed by atoms with Gasteiger partial charge in [-0.15, -0.1) is 0 Å². The second-order valence-electron chi connectivity index (χ2n) is 4.75. The summed E-state index contributed by atoms with van der Waals surface area (Å²) < 4.78 is 5.38. The Morgan fingerprint density at radius 1 is 1.44 bits per heavy atom. The van der Waals surface area contributed by atoms with Crippen LogP contribution in [0.1, 0.15) is 23.7 Å². The summed E-state index contributed by atoms with van der Waals surface area (Å²) in [6, 6.07) is 0. The summed E-state index contributed by atoms with van der Waals surface area (Å²) in [7, 11) is 1.67. The molecule has 0 radical (unpaired) electrons. The van der Waals surface area contributed by atoms with E-state index in [4.69, 9.17) is 4.74 Å². The van der Waals surface area contributed by atoms with Gasteiger partial charge >= 0.3 is 0 Å². The van der Waals surface area contributed by atoms with Gasteiger partial charge in [-0.25, -0.2) is 0 Å². The lowest BCUT2D eigenvalue weighted by Crippen LogP contribution is -2.23. The first-order chi connectivity index (χ1) is 8.51. The van der Waals surface area contributed by atoms with Gasteiger partial charge in [-0.05, 0) is 31.8 Å². The lowest BCUT2D eigenvalue weighted by atomic mass is 9.99. The molecule has 0 saturated carbocycles. The molecule has 0 bridgehead atoms. The number of thioether (sulfide) groups is 1. The first kappa shape index (κ1) is 15.3. The van der Waals surface area contributed by atoms with E-state index in [0.717, 1.165) is 28.3 Å². The summed E-state index contributed by atoms with van der Waals surface area (Å²) in [6.45, 7) is 6.05. The van der Waals surface area contributed by atoms with Crippen molar-refractivity contribution in [3.8, 4) is 5.75 Å². The lowest BCUT2D eigenvalue weighted by Gasteiger charge is -2.19. The van der Waals surface area contributed by atoms with Crippen LogP contribution in [0, 0.1) is 19.8 Å². The van der Waals surface area contributed by atoms with Crippen LogP contribution in [0.15, 0.2) is 6.20 Å². The average Bonchev–Trinajstić information content (AvgIpc) is 2.33.